The Balaban J connectivity index is 4.47. The highest BCUT2D eigenvalue weighted by molar-refractivity contribution is 5.71. The lowest BCUT2D eigenvalue weighted by Crippen LogP contribution is -2.30. The van der Waals surface area contributed by atoms with Gasteiger partial charge < -0.3 is 14.2 Å². The van der Waals surface area contributed by atoms with Gasteiger partial charge in [-0.3, -0.25) is 14.4 Å². The molecule has 0 N–H and O–H groups in total. The smallest absolute Gasteiger partial charge is 0.306 e. The summed E-state index contributed by atoms with van der Waals surface area (Å²) in [5.41, 5.74) is 0. The average molecular weight is 990 g/mol. The van der Waals surface area contributed by atoms with E-state index in [0.29, 0.717) is 19.3 Å². The van der Waals surface area contributed by atoms with Gasteiger partial charge in [-0.1, -0.05) is 241 Å². The number of esters is 3. The molecular formula is C65H112O6. The van der Waals surface area contributed by atoms with Gasteiger partial charge >= 0.3 is 17.9 Å². The van der Waals surface area contributed by atoms with Gasteiger partial charge in [0.1, 0.15) is 13.2 Å². The molecule has 408 valence electrons. The molecule has 0 aliphatic heterocycles. The summed E-state index contributed by atoms with van der Waals surface area (Å²) in [6.07, 6.45) is 77.2. The number of hydrogen-bond acceptors (Lipinski definition) is 6. The lowest BCUT2D eigenvalue weighted by molar-refractivity contribution is -0.167. The van der Waals surface area contributed by atoms with Gasteiger partial charge in [0.05, 0.1) is 0 Å². The maximum absolute atomic E-state index is 12.9. The molecule has 0 aromatic rings. The molecule has 0 unspecified atom stereocenters. The van der Waals surface area contributed by atoms with E-state index in [1.807, 2.05) is 0 Å². The van der Waals surface area contributed by atoms with Gasteiger partial charge in [-0.2, -0.15) is 0 Å². The molecule has 6 nitrogen and oxygen atoms in total. The molecule has 0 aliphatic carbocycles. The van der Waals surface area contributed by atoms with Crippen LogP contribution in [0.1, 0.15) is 290 Å². The average Bonchev–Trinajstić information content (AvgIpc) is 3.37. The minimum Gasteiger partial charge on any atom is -0.462 e. The molecule has 0 radical (unpaired) electrons. The van der Waals surface area contributed by atoms with Gasteiger partial charge in [-0.25, -0.2) is 0 Å². The molecule has 0 saturated carbocycles. The van der Waals surface area contributed by atoms with Crippen LogP contribution in [0.25, 0.3) is 0 Å². The highest BCUT2D eigenvalue weighted by Crippen LogP contribution is 2.15. The van der Waals surface area contributed by atoms with Crippen molar-refractivity contribution in [1.82, 2.24) is 0 Å². The first kappa shape index (κ1) is 67.6. The van der Waals surface area contributed by atoms with E-state index in [0.717, 1.165) is 77.0 Å². The summed E-state index contributed by atoms with van der Waals surface area (Å²) < 4.78 is 16.8. The Morgan fingerprint density at radius 2 is 0.521 bits per heavy atom. The summed E-state index contributed by atoms with van der Waals surface area (Å²) in [5, 5.41) is 0. The Morgan fingerprint density at radius 3 is 0.873 bits per heavy atom. The zero-order valence-electron chi connectivity index (χ0n) is 46.7. The third-order valence-electron chi connectivity index (χ3n) is 12.8. The maximum Gasteiger partial charge on any atom is 0.306 e. The van der Waals surface area contributed by atoms with Gasteiger partial charge in [0.2, 0.25) is 0 Å². The maximum atomic E-state index is 12.9. The number of carbonyl (C=O) groups is 3. The van der Waals surface area contributed by atoms with E-state index >= 15 is 0 Å². The highest BCUT2D eigenvalue weighted by atomic mass is 16.6. The predicted octanol–water partition coefficient (Wildman–Crippen LogP) is 20.3. The van der Waals surface area contributed by atoms with Gasteiger partial charge in [0, 0.05) is 19.3 Å². The number of allylic oxidation sites excluding steroid dienone is 14. The number of carbonyl (C=O) groups excluding carboxylic acids is 3. The Hall–Kier alpha value is -3.41. The SMILES string of the molecule is CCCCC/C=C\C/C=C\CCCCCCCCCCCC(=O)O[C@@H](COC(=O)CCC/C=C\C/C=C\C/C=C\CCCCCCCC)COC(=O)CCCCCCCCC/C=C\C/C=C\CCCCC. The molecule has 0 spiro atoms. The molecule has 71 heavy (non-hydrogen) atoms. The molecule has 0 saturated heterocycles. The van der Waals surface area contributed by atoms with Crippen LogP contribution in [0.2, 0.25) is 0 Å². The van der Waals surface area contributed by atoms with Crippen LogP contribution in [0.4, 0.5) is 0 Å². The van der Waals surface area contributed by atoms with Crippen molar-refractivity contribution in [2.24, 2.45) is 0 Å². The van der Waals surface area contributed by atoms with Crippen LogP contribution in [0.15, 0.2) is 85.1 Å². The predicted molar refractivity (Wildman–Crippen MR) is 307 cm³/mol. The normalized spacial score (nSPS) is 12.7. The van der Waals surface area contributed by atoms with Crippen molar-refractivity contribution in [3.8, 4) is 0 Å². The largest absolute Gasteiger partial charge is 0.462 e. The Morgan fingerprint density at radius 1 is 0.282 bits per heavy atom. The Labute approximate surface area is 439 Å². The molecule has 0 fully saturated rings. The quantitative estimate of drug-likeness (QED) is 0.0261. The van der Waals surface area contributed by atoms with Crippen molar-refractivity contribution < 1.29 is 28.6 Å². The minimum atomic E-state index is -0.804. The van der Waals surface area contributed by atoms with Crippen molar-refractivity contribution in [3.05, 3.63) is 85.1 Å². The zero-order chi connectivity index (χ0) is 51.4. The van der Waals surface area contributed by atoms with Crippen LogP contribution in [-0.2, 0) is 28.6 Å². The van der Waals surface area contributed by atoms with Gasteiger partial charge in [-0.15, -0.1) is 0 Å². The summed E-state index contributed by atoms with van der Waals surface area (Å²) in [4.78, 5) is 38.2. The minimum absolute atomic E-state index is 0.0977. The van der Waals surface area contributed by atoms with E-state index in [2.05, 4.69) is 106 Å². The first-order chi connectivity index (χ1) is 35.0. The molecule has 0 amide bonds. The van der Waals surface area contributed by atoms with Gasteiger partial charge in [-0.05, 0) is 116 Å². The van der Waals surface area contributed by atoms with E-state index < -0.39 is 6.10 Å². The fourth-order valence-electron chi connectivity index (χ4n) is 8.28. The number of ether oxygens (including phenoxy) is 3. The lowest BCUT2D eigenvalue weighted by Gasteiger charge is -2.18. The van der Waals surface area contributed by atoms with Crippen molar-refractivity contribution in [3.63, 3.8) is 0 Å². The van der Waals surface area contributed by atoms with Gasteiger partial charge in [0.15, 0.2) is 6.10 Å². The fourth-order valence-corrected chi connectivity index (χ4v) is 8.28. The summed E-state index contributed by atoms with van der Waals surface area (Å²) in [7, 11) is 0. The van der Waals surface area contributed by atoms with E-state index in [1.54, 1.807) is 0 Å². The Kier molecular flexibility index (Phi) is 56.3. The van der Waals surface area contributed by atoms with Crippen LogP contribution in [0.5, 0.6) is 0 Å². The second-order valence-corrected chi connectivity index (χ2v) is 19.9. The topological polar surface area (TPSA) is 78.9 Å². The second-order valence-electron chi connectivity index (χ2n) is 19.9. The second kappa shape index (κ2) is 59.2. The third-order valence-corrected chi connectivity index (χ3v) is 12.8. The molecular weight excluding hydrogens is 877 g/mol. The first-order valence-corrected chi connectivity index (χ1v) is 30.1. The molecule has 0 aromatic carbocycles. The molecule has 0 bridgehead atoms. The van der Waals surface area contributed by atoms with Crippen LogP contribution in [0, 0.1) is 0 Å². The molecule has 0 aliphatic rings. The number of rotatable bonds is 54. The van der Waals surface area contributed by atoms with Crippen molar-refractivity contribution >= 4 is 17.9 Å². The molecule has 0 rings (SSSR count). The van der Waals surface area contributed by atoms with Crippen LogP contribution < -0.4 is 0 Å². The standard InChI is InChI=1S/C65H112O6/c1-4-7-10-13-16-19-22-25-28-31-32-35-38-41-44-47-50-53-56-59-65(68)71-62(60-69-63(66)57-54-51-48-45-42-39-36-33-29-26-23-20-17-14-11-8-5-2)61-70-64(67)58-55-52-49-46-43-40-37-34-30-27-24-21-18-15-12-9-6-3/h16-17,19-20,25-30,37,40,46,49,62H,4-15,18,21-24,31-36,38-39,41-45,47-48,50-61H2,1-3H3/b19-16-,20-17-,28-25-,29-26-,30-27-,40-37-,49-46-/t62-/m1/s1. The lowest BCUT2D eigenvalue weighted by atomic mass is 10.1. The summed E-state index contributed by atoms with van der Waals surface area (Å²) in [6.45, 7) is 6.55. The van der Waals surface area contributed by atoms with E-state index in [-0.39, 0.29) is 37.5 Å². The van der Waals surface area contributed by atoms with E-state index in [9.17, 15) is 14.4 Å². The van der Waals surface area contributed by atoms with Crippen molar-refractivity contribution in [2.75, 3.05) is 13.2 Å². The number of hydrogen-bond donors (Lipinski definition) is 0. The van der Waals surface area contributed by atoms with Crippen LogP contribution in [-0.4, -0.2) is 37.2 Å². The summed E-state index contributed by atoms with van der Waals surface area (Å²) in [6, 6.07) is 0. The van der Waals surface area contributed by atoms with Crippen molar-refractivity contribution in [1.29, 1.82) is 0 Å². The van der Waals surface area contributed by atoms with Crippen molar-refractivity contribution in [2.45, 2.75) is 297 Å². The first-order valence-electron chi connectivity index (χ1n) is 30.1. The monoisotopic (exact) mass is 989 g/mol. The van der Waals surface area contributed by atoms with Crippen LogP contribution >= 0.6 is 0 Å². The molecule has 0 heterocycles. The molecule has 0 aromatic heterocycles. The number of unbranched alkanes of at least 4 members (excludes halogenated alkanes) is 29. The molecule has 1 atom stereocenters. The van der Waals surface area contributed by atoms with E-state index in [1.165, 1.54) is 167 Å². The highest BCUT2D eigenvalue weighted by Gasteiger charge is 2.19. The summed E-state index contributed by atoms with van der Waals surface area (Å²) >= 11 is 0. The molecule has 6 heteroatoms. The van der Waals surface area contributed by atoms with Gasteiger partial charge in [0.25, 0.3) is 0 Å². The Bertz CT molecular complexity index is 1370. The van der Waals surface area contributed by atoms with E-state index in [4.69, 9.17) is 14.2 Å². The fraction of sp³-hybridized carbons (Fsp3) is 0.738. The van der Waals surface area contributed by atoms with Crippen LogP contribution in [0.3, 0.4) is 0 Å². The summed E-state index contributed by atoms with van der Waals surface area (Å²) in [5.74, 6) is -0.956. The third kappa shape index (κ3) is 57.4. The zero-order valence-corrected chi connectivity index (χ0v) is 46.7.